The minimum absolute atomic E-state index is 0.299. The van der Waals surface area contributed by atoms with Crippen LogP contribution in [-0.2, 0) is 6.42 Å². The molecular formula is C15H20FNO3. The highest BCUT2D eigenvalue weighted by Gasteiger charge is 2.26. The lowest BCUT2D eigenvalue weighted by Gasteiger charge is -2.27. The molecule has 2 aliphatic rings. The molecule has 0 aliphatic carbocycles. The first-order chi connectivity index (χ1) is 9.79. The van der Waals surface area contributed by atoms with Gasteiger partial charge in [-0.25, -0.2) is 4.39 Å². The van der Waals surface area contributed by atoms with Crippen LogP contribution in [0.4, 0.5) is 4.39 Å². The molecule has 0 radical (unpaired) electrons. The van der Waals surface area contributed by atoms with Gasteiger partial charge in [0, 0.05) is 11.6 Å². The third-order valence-electron chi connectivity index (χ3n) is 3.99. The van der Waals surface area contributed by atoms with Crippen LogP contribution >= 0.6 is 0 Å². The second kappa shape index (κ2) is 5.87. The van der Waals surface area contributed by atoms with E-state index in [1.165, 1.54) is 13.2 Å². The smallest absolute Gasteiger partial charge is 0.169 e. The molecule has 2 heterocycles. The minimum atomic E-state index is -0.374. The van der Waals surface area contributed by atoms with Crippen molar-refractivity contribution in [2.24, 2.45) is 5.92 Å². The van der Waals surface area contributed by atoms with Crippen molar-refractivity contribution in [3.8, 4) is 17.2 Å². The van der Waals surface area contributed by atoms with E-state index in [0.717, 1.165) is 37.9 Å². The van der Waals surface area contributed by atoms with Gasteiger partial charge in [-0.05, 0) is 38.3 Å². The van der Waals surface area contributed by atoms with Crippen LogP contribution in [0, 0.1) is 11.7 Å². The van der Waals surface area contributed by atoms with Crippen molar-refractivity contribution in [2.75, 3.05) is 33.4 Å². The fraction of sp³-hybridized carbons (Fsp3) is 0.600. The second-order valence-corrected chi connectivity index (χ2v) is 5.29. The fourth-order valence-electron chi connectivity index (χ4n) is 2.98. The molecule has 20 heavy (non-hydrogen) atoms. The number of halogens is 1. The van der Waals surface area contributed by atoms with E-state index in [0.29, 0.717) is 36.4 Å². The summed E-state index contributed by atoms with van der Waals surface area (Å²) in [6, 6.07) is 1.36. The Morgan fingerprint density at radius 3 is 2.80 bits per heavy atom. The maximum absolute atomic E-state index is 14.1. The molecule has 1 aromatic carbocycles. The summed E-state index contributed by atoms with van der Waals surface area (Å²) in [4.78, 5) is 0. The maximum Gasteiger partial charge on any atom is 0.169 e. The van der Waals surface area contributed by atoms with E-state index >= 15 is 0 Å². The normalized spacial score (nSPS) is 18.9. The van der Waals surface area contributed by atoms with E-state index in [9.17, 15) is 4.39 Å². The van der Waals surface area contributed by atoms with E-state index in [1.54, 1.807) is 0 Å². The number of methoxy groups -OCH3 is 1. The van der Waals surface area contributed by atoms with E-state index in [-0.39, 0.29) is 5.82 Å². The molecule has 110 valence electrons. The van der Waals surface area contributed by atoms with Gasteiger partial charge < -0.3 is 19.5 Å². The Hall–Kier alpha value is -1.49. The topological polar surface area (TPSA) is 39.7 Å². The number of hydrogen-bond acceptors (Lipinski definition) is 4. The van der Waals surface area contributed by atoms with Crippen molar-refractivity contribution in [1.82, 2.24) is 5.32 Å². The van der Waals surface area contributed by atoms with Crippen LogP contribution in [0.3, 0.4) is 0 Å². The SMILES string of the molecule is COc1c(F)cc2c(c1CC1CCNCC1)OCCO2. The molecule has 4 nitrogen and oxygen atoms in total. The highest BCUT2D eigenvalue weighted by Crippen LogP contribution is 2.43. The van der Waals surface area contributed by atoms with Crippen molar-refractivity contribution in [3.63, 3.8) is 0 Å². The third kappa shape index (κ3) is 2.54. The van der Waals surface area contributed by atoms with Crippen molar-refractivity contribution < 1.29 is 18.6 Å². The van der Waals surface area contributed by atoms with Gasteiger partial charge in [0.05, 0.1) is 7.11 Å². The number of ether oxygens (including phenoxy) is 3. The van der Waals surface area contributed by atoms with Gasteiger partial charge in [0.25, 0.3) is 0 Å². The number of hydrogen-bond donors (Lipinski definition) is 1. The lowest BCUT2D eigenvalue weighted by molar-refractivity contribution is 0.166. The fourth-order valence-corrected chi connectivity index (χ4v) is 2.98. The zero-order chi connectivity index (χ0) is 13.9. The van der Waals surface area contributed by atoms with E-state index in [2.05, 4.69) is 5.32 Å². The number of fused-ring (bicyclic) bond motifs is 1. The molecule has 1 saturated heterocycles. The number of piperidine rings is 1. The van der Waals surface area contributed by atoms with Gasteiger partial charge in [-0.3, -0.25) is 0 Å². The Kier molecular flexibility index (Phi) is 3.96. The van der Waals surface area contributed by atoms with Crippen molar-refractivity contribution in [3.05, 3.63) is 17.4 Å². The molecule has 1 fully saturated rings. The molecule has 0 spiro atoms. The van der Waals surface area contributed by atoms with Gasteiger partial charge in [-0.1, -0.05) is 0 Å². The zero-order valence-electron chi connectivity index (χ0n) is 11.7. The number of rotatable bonds is 3. The summed E-state index contributed by atoms with van der Waals surface area (Å²) < 4.78 is 30.6. The van der Waals surface area contributed by atoms with Gasteiger partial charge in [0.2, 0.25) is 0 Å². The lowest BCUT2D eigenvalue weighted by atomic mass is 9.90. The van der Waals surface area contributed by atoms with E-state index in [4.69, 9.17) is 14.2 Å². The Bertz CT molecular complexity index is 486. The summed E-state index contributed by atoms with van der Waals surface area (Å²) in [5.74, 6) is 1.61. The highest BCUT2D eigenvalue weighted by atomic mass is 19.1. The standard InChI is InChI=1S/C15H20FNO3/c1-18-14-11(8-10-2-4-17-5-3-10)15-13(9-12(14)16)19-6-7-20-15/h9-10,17H,2-8H2,1H3. The van der Waals surface area contributed by atoms with Crippen LogP contribution in [0.15, 0.2) is 6.07 Å². The number of benzene rings is 1. The third-order valence-corrected chi connectivity index (χ3v) is 3.99. The predicted molar refractivity (Wildman–Crippen MR) is 73.2 cm³/mol. The Labute approximate surface area is 118 Å². The Morgan fingerprint density at radius 1 is 1.30 bits per heavy atom. The molecule has 1 aromatic rings. The van der Waals surface area contributed by atoms with Crippen LogP contribution in [0.1, 0.15) is 18.4 Å². The van der Waals surface area contributed by atoms with Crippen LogP contribution in [-0.4, -0.2) is 33.4 Å². The Morgan fingerprint density at radius 2 is 2.05 bits per heavy atom. The maximum atomic E-state index is 14.1. The summed E-state index contributed by atoms with van der Waals surface area (Å²) in [6.45, 7) is 3.00. The van der Waals surface area contributed by atoms with Crippen LogP contribution in [0.25, 0.3) is 0 Å². The van der Waals surface area contributed by atoms with Crippen LogP contribution < -0.4 is 19.5 Å². The minimum Gasteiger partial charge on any atom is -0.493 e. The molecular weight excluding hydrogens is 261 g/mol. The lowest BCUT2D eigenvalue weighted by Crippen LogP contribution is -2.29. The molecule has 0 bridgehead atoms. The Balaban J connectivity index is 1.95. The first-order valence-corrected chi connectivity index (χ1v) is 7.15. The molecule has 0 amide bonds. The second-order valence-electron chi connectivity index (χ2n) is 5.29. The average molecular weight is 281 g/mol. The highest BCUT2D eigenvalue weighted by molar-refractivity contribution is 5.55. The quantitative estimate of drug-likeness (QED) is 0.921. The summed E-state index contributed by atoms with van der Waals surface area (Å²) in [5, 5.41) is 3.34. The van der Waals surface area contributed by atoms with E-state index in [1.807, 2.05) is 0 Å². The molecule has 0 unspecified atom stereocenters. The average Bonchev–Trinajstić information content (AvgIpc) is 2.48. The molecule has 0 aromatic heterocycles. The molecule has 1 N–H and O–H groups in total. The molecule has 0 saturated carbocycles. The van der Waals surface area contributed by atoms with Crippen LogP contribution in [0.5, 0.6) is 17.2 Å². The van der Waals surface area contributed by atoms with Crippen LogP contribution in [0.2, 0.25) is 0 Å². The first kappa shape index (κ1) is 13.5. The van der Waals surface area contributed by atoms with Gasteiger partial charge in [0.15, 0.2) is 23.1 Å². The first-order valence-electron chi connectivity index (χ1n) is 7.15. The predicted octanol–water partition coefficient (Wildman–Crippen LogP) is 2.15. The van der Waals surface area contributed by atoms with Crippen molar-refractivity contribution in [1.29, 1.82) is 0 Å². The van der Waals surface area contributed by atoms with Gasteiger partial charge in [0.1, 0.15) is 13.2 Å². The van der Waals surface area contributed by atoms with Crippen molar-refractivity contribution >= 4 is 0 Å². The van der Waals surface area contributed by atoms with Gasteiger partial charge in [-0.2, -0.15) is 0 Å². The zero-order valence-corrected chi connectivity index (χ0v) is 11.7. The molecule has 0 atom stereocenters. The summed E-state index contributed by atoms with van der Waals surface area (Å²) in [6.07, 6.45) is 2.96. The summed E-state index contributed by atoms with van der Waals surface area (Å²) in [5.41, 5.74) is 0.814. The van der Waals surface area contributed by atoms with E-state index < -0.39 is 0 Å². The molecule has 3 rings (SSSR count). The van der Waals surface area contributed by atoms with Gasteiger partial charge in [-0.15, -0.1) is 0 Å². The summed E-state index contributed by atoms with van der Waals surface area (Å²) in [7, 11) is 1.50. The molecule has 5 heteroatoms. The number of nitrogens with one attached hydrogen (secondary N) is 1. The van der Waals surface area contributed by atoms with Gasteiger partial charge >= 0.3 is 0 Å². The molecule has 2 aliphatic heterocycles. The largest absolute Gasteiger partial charge is 0.493 e. The monoisotopic (exact) mass is 281 g/mol. The van der Waals surface area contributed by atoms with Crippen molar-refractivity contribution in [2.45, 2.75) is 19.3 Å². The summed E-state index contributed by atoms with van der Waals surface area (Å²) >= 11 is 0.